The molecule has 1 N–H and O–H groups in total. The van der Waals surface area contributed by atoms with E-state index in [4.69, 9.17) is 4.74 Å². The van der Waals surface area contributed by atoms with E-state index in [1.165, 1.54) is 23.7 Å². The van der Waals surface area contributed by atoms with Gasteiger partial charge in [-0.3, -0.25) is 4.79 Å². The van der Waals surface area contributed by atoms with Crippen molar-refractivity contribution in [2.45, 2.75) is 33.1 Å². The Balaban J connectivity index is 1.87. The zero-order valence-electron chi connectivity index (χ0n) is 13.9. The van der Waals surface area contributed by atoms with E-state index >= 15 is 0 Å². The first-order valence-corrected chi connectivity index (χ1v) is 8.15. The SMILES string of the molecule is CCOC(=O)c1cnc(/C(C)=C/c2ccc3c(c2)CCC3)[nH]c1=O. The summed E-state index contributed by atoms with van der Waals surface area (Å²) in [6.07, 6.45) is 6.75. The summed E-state index contributed by atoms with van der Waals surface area (Å²) in [5.41, 5.74) is 4.18. The van der Waals surface area contributed by atoms with Gasteiger partial charge in [-0.05, 0) is 61.4 Å². The average molecular weight is 324 g/mol. The number of nitrogens with zero attached hydrogens (tertiary/aromatic N) is 1. The van der Waals surface area contributed by atoms with E-state index in [1.807, 2.05) is 13.0 Å². The van der Waals surface area contributed by atoms with Crippen molar-refractivity contribution in [3.63, 3.8) is 0 Å². The topological polar surface area (TPSA) is 72.0 Å². The molecule has 0 saturated heterocycles. The number of fused-ring (bicyclic) bond motifs is 1. The van der Waals surface area contributed by atoms with Gasteiger partial charge in [0.1, 0.15) is 11.4 Å². The summed E-state index contributed by atoms with van der Waals surface area (Å²) in [5.74, 6) is -0.202. The number of carbonyl (C=O) groups excluding carboxylic acids is 1. The van der Waals surface area contributed by atoms with Crippen LogP contribution in [0.1, 0.15) is 53.1 Å². The number of allylic oxidation sites excluding steroid dienone is 1. The zero-order valence-corrected chi connectivity index (χ0v) is 13.9. The van der Waals surface area contributed by atoms with Gasteiger partial charge in [0.25, 0.3) is 5.56 Å². The molecule has 0 amide bonds. The first-order chi connectivity index (χ1) is 11.6. The lowest BCUT2D eigenvalue weighted by atomic mass is 10.0. The van der Waals surface area contributed by atoms with E-state index in [0.29, 0.717) is 5.82 Å². The molecule has 0 unspecified atom stereocenters. The van der Waals surface area contributed by atoms with Crippen molar-refractivity contribution in [1.29, 1.82) is 0 Å². The van der Waals surface area contributed by atoms with E-state index in [0.717, 1.165) is 24.0 Å². The molecule has 1 aliphatic rings. The molecule has 2 aromatic rings. The molecule has 24 heavy (non-hydrogen) atoms. The minimum Gasteiger partial charge on any atom is -0.462 e. The van der Waals surface area contributed by atoms with Crippen LogP contribution in [0, 0.1) is 0 Å². The molecule has 0 fully saturated rings. The molecule has 1 aliphatic carbocycles. The molecular weight excluding hydrogens is 304 g/mol. The molecule has 1 heterocycles. The van der Waals surface area contributed by atoms with Crippen molar-refractivity contribution < 1.29 is 9.53 Å². The van der Waals surface area contributed by atoms with Crippen LogP contribution in [0.3, 0.4) is 0 Å². The zero-order chi connectivity index (χ0) is 17.1. The fraction of sp³-hybridized carbons (Fsp3) is 0.316. The Morgan fingerprint density at radius 1 is 1.33 bits per heavy atom. The highest BCUT2D eigenvalue weighted by molar-refractivity contribution is 5.88. The quantitative estimate of drug-likeness (QED) is 0.878. The van der Waals surface area contributed by atoms with Crippen molar-refractivity contribution in [2.24, 2.45) is 0 Å². The third kappa shape index (κ3) is 3.30. The van der Waals surface area contributed by atoms with Gasteiger partial charge < -0.3 is 9.72 Å². The van der Waals surface area contributed by atoms with E-state index in [-0.39, 0.29) is 12.2 Å². The summed E-state index contributed by atoms with van der Waals surface area (Å²) in [6.45, 7) is 3.80. The van der Waals surface area contributed by atoms with Gasteiger partial charge in [-0.1, -0.05) is 18.2 Å². The Bertz CT molecular complexity index is 865. The van der Waals surface area contributed by atoms with E-state index in [2.05, 4.69) is 28.2 Å². The van der Waals surface area contributed by atoms with Crippen LogP contribution in [0.5, 0.6) is 0 Å². The molecule has 0 radical (unpaired) electrons. The van der Waals surface area contributed by atoms with Crippen LogP contribution in [0.15, 0.2) is 29.2 Å². The Hall–Kier alpha value is -2.69. The molecule has 0 bridgehead atoms. The minimum absolute atomic E-state index is 0.0778. The molecule has 1 aromatic carbocycles. The van der Waals surface area contributed by atoms with Gasteiger partial charge >= 0.3 is 5.97 Å². The average Bonchev–Trinajstić information content (AvgIpc) is 3.02. The number of aromatic nitrogens is 2. The van der Waals surface area contributed by atoms with E-state index in [9.17, 15) is 9.59 Å². The lowest BCUT2D eigenvalue weighted by Crippen LogP contribution is -2.21. The van der Waals surface area contributed by atoms with Crippen LogP contribution in [0.25, 0.3) is 11.6 Å². The maximum absolute atomic E-state index is 12.0. The third-order valence-electron chi connectivity index (χ3n) is 4.17. The number of benzene rings is 1. The summed E-state index contributed by atoms with van der Waals surface area (Å²) in [5, 5.41) is 0. The smallest absolute Gasteiger partial charge is 0.345 e. The van der Waals surface area contributed by atoms with Crippen LogP contribution in [0.2, 0.25) is 0 Å². The molecule has 3 rings (SSSR count). The number of hydrogen-bond donors (Lipinski definition) is 1. The predicted molar refractivity (Wildman–Crippen MR) is 92.8 cm³/mol. The first-order valence-electron chi connectivity index (χ1n) is 8.15. The van der Waals surface area contributed by atoms with Crippen LogP contribution in [0.4, 0.5) is 0 Å². The van der Waals surface area contributed by atoms with Crippen molar-refractivity contribution in [3.8, 4) is 0 Å². The van der Waals surface area contributed by atoms with Crippen LogP contribution in [-0.4, -0.2) is 22.5 Å². The number of nitrogens with one attached hydrogen (secondary N) is 1. The van der Waals surface area contributed by atoms with Gasteiger partial charge in [0.15, 0.2) is 0 Å². The predicted octanol–water partition coefficient (Wildman–Crippen LogP) is 3.00. The first kappa shape index (κ1) is 16.2. The highest BCUT2D eigenvalue weighted by Gasteiger charge is 2.14. The highest BCUT2D eigenvalue weighted by Crippen LogP contribution is 2.24. The highest BCUT2D eigenvalue weighted by atomic mass is 16.5. The summed E-state index contributed by atoms with van der Waals surface area (Å²) >= 11 is 0. The largest absolute Gasteiger partial charge is 0.462 e. The number of H-pyrrole nitrogens is 1. The molecule has 124 valence electrons. The van der Waals surface area contributed by atoms with Crippen molar-refractivity contribution in [3.05, 3.63) is 62.8 Å². The maximum Gasteiger partial charge on any atom is 0.345 e. The number of rotatable bonds is 4. The number of esters is 1. The monoisotopic (exact) mass is 324 g/mol. The Morgan fingerprint density at radius 2 is 2.12 bits per heavy atom. The summed E-state index contributed by atoms with van der Waals surface area (Å²) in [6, 6.07) is 6.44. The number of carbonyl (C=O) groups is 1. The van der Waals surface area contributed by atoms with Crippen LogP contribution < -0.4 is 5.56 Å². The van der Waals surface area contributed by atoms with Crippen molar-refractivity contribution in [1.82, 2.24) is 9.97 Å². The van der Waals surface area contributed by atoms with Crippen LogP contribution in [-0.2, 0) is 17.6 Å². The third-order valence-corrected chi connectivity index (χ3v) is 4.17. The van der Waals surface area contributed by atoms with Gasteiger partial charge in [-0.2, -0.15) is 0 Å². The van der Waals surface area contributed by atoms with Gasteiger partial charge in [0, 0.05) is 6.20 Å². The lowest BCUT2D eigenvalue weighted by Gasteiger charge is -2.05. The molecule has 0 saturated carbocycles. The molecule has 5 nitrogen and oxygen atoms in total. The van der Waals surface area contributed by atoms with Gasteiger partial charge in [0.2, 0.25) is 0 Å². The van der Waals surface area contributed by atoms with E-state index in [1.54, 1.807) is 6.92 Å². The molecule has 5 heteroatoms. The van der Waals surface area contributed by atoms with Gasteiger partial charge in [0.05, 0.1) is 6.61 Å². The Kier molecular flexibility index (Phi) is 4.60. The summed E-state index contributed by atoms with van der Waals surface area (Å²) in [7, 11) is 0. The number of aromatic amines is 1. The standard InChI is InChI=1S/C19H20N2O3/c1-3-24-19(23)16-11-20-17(21-18(16)22)12(2)9-13-7-8-14-5-4-6-15(14)10-13/h7-11H,3-6H2,1-2H3,(H,20,21,22)/b12-9+. The molecule has 0 spiro atoms. The Labute approximate surface area is 140 Å². The lowest BCUT2D eigenvalue weighted by molar-refractivity contribution is 0.0523. The van der Waals surface area contributed by atoms with Crippen molar-refractivity contribution in [2.75, 3.05) is 6.61 Å². The molecule has 1 aromatic heterocycles. The second-order valence-electron chi connectivity index (χ2n) is 5.90. The Morgan fingerprint density at radius 3 is 2.88 bits per heavy atom. The maximum atomic E-state index is 12.0. The molecule has 0 aliphatic heterocycles. The number of aryl methyl sites for hydroxylation is 2. The summed E-state index contributed by atoms with van der Waals surface area (Å²) < 4.78 is 4.83. The molecule has 0 atom stereocenters. The second kappa shape index (κ2) is 6.83. The minimum atomic E-state index is -0.655. The van der Waals surface area contributed by atoms with Gasteiger partial charge in [-0.25, -0.2) is 9.78 Å². The van der Waals surface area contributed by atoms with Crippen molar-refractivity contribution >= 4 is 17.6 Å². The second-order valence-corrected chi connectivity index (χ2v) is 5.90. The fourth-order valence-electron chi connectivity index (χ4n) is 2.95. The number of ether oxygens (including phenoxy) is 1. The van der Waals surface area contributed by atoms with Gasteiger partial charge in [-0.15, -0.1) is 0 Å². The fourth-order valence-corrected chi connectivity index (χ4v) is 2.95. The number of hydrogen-bond acceptors (Lipinski definition) is 4. The van der Waals surface area contributed by atoms with Crippen LogP contribution >= 0.6 is 0 Å². The molecular formula is C19H20N2O3. The summed E-state index contributed by atoms with van der Waals surface area (Å²) in [4.78, 5) is 30.5. The van der Waals surface area contributed by atoms with E-state index < -0.39 is 11.5 Å². The normalized spacial score (nSPS) is 13.7.